The van der Waals surface area contributed by atoms with E-state index in [-0.39, 0.29) is 30.4 Å². The highest BCUT2D eigenvalue weighted by molar-refractivity contribution is 6.37. The first kappa shape index (κ1) is 34.4. The van der Waals surface area contributed by atoms with Crippen LogP contribution in [-0.2, 0) is 23.9 Å². The van der Waals surface area contributed by atoms with Crippen LogP contribution >= 0.6 is 0 Å². The Balaban J connectivity index is 1.40. The summed E-state index contributed by atoms with van der Waals surface area (Å²) >= 11 is 0. The Morgan fingerprint density at radius 2 is 1.64 bits per heavy atom. The van der Waals surface area contributed by atoms with E-state index in [1.807, 2.05) is 13.8 Å². The number of carbonyl (C=O) groups is 6. The number of hydrogen-bond acceptors (Lipinski definition) is 7. The number of fused-ring (bicyclic) bond motifs is 1. The maximum absolute atomic E-state index is 14.5. The zero-order valence-electron chi connectivity index (χ0n) is 26.8. The number of piperidine rings is 1. The number of hydrogen-bond donors (Lipinski definition) is 3. The van der Waals surface area contributed by atoms with Crippen LogP contribution in [0, 0.1) is 34.5 Å². The Labute approximate surface area is 270 Å². The molecule has 14 heteroatoms. The van der Waals surface area contributed by atoms with E-state index in [0.717, 1.165) is 17.7 Å². The molecule has 1 unspecified atom stereocenters. The predicted molar refractivity (Wildman–Crippen MR) is 160 cm³/mol. The molecule has 1 aliphatic heterocycles. The quantitative estimate of drug-likeness (QED) is 0.216. The SMILES string of the molecule is CC(C)[C@H](OC(=O)N[C@H](C(=O)N1C[C@H]2[C@@H]([C@H]1C(=O)NC(CC1CC1)C(=O)C(N)=O)C2(C)C)C1(C(F)(F)F)CC1)C(=O)c1ccccc1. The molecule has 11 nitrogen and oxygen atoms in total. The van der Waals surface area contributed by atoms with Crippen LogP contribution in [-0.4, -0.2) is 77.2 Å². The Kier molecular flexibility index (Phi) is 8.95. The van der Waals surface area contributed by atoms with Crippen molar-refractivity contribution in [2.45, 2.75) is 90.2 Å². The molecule has 1 saturated heterocycles. The van der Waals surface area contributed by atoms with Gasteiger partial charge in [-0.3, -0.25) is 24.0 Å². The molecule has 4 aliphatic rings. The molecule has 3 aliphatic carbocycles. The highest BCUT2D eigenvalue weighted by Crippen LogP contribution is 2.66. The van der Waals surface area contributed by atoms with Gasteiger partial charge in [-0.15, -0.1) is 0 Å². The fraction of sp³-hybridized carbons (Fsp3) is 0.636. The number of ether oxygens (including phenoxy) is 1. The first-order valence-corrected chi connectivity index (χ1v) is 16.0. The van der Waals surface area contributed by atoms with Gasteiger partial charge in [0, 0.05) is 12.1 Å². The third-order valence-electron chi connectivity index (χ3n) is 10.5. The first-order chi connectivity index (χ1) is 21.9. The van der Waals surface area contributed by atoms with E-state index in [1.54, 1.807) is 32.0 Å². The van der Waals surface area contributed by atoms with Crippen LogP contribution in [0.15, 0.2) is 30.3 Å². The summed E-state index contributed by atoms with van der Waals surface area (Å²) in [4.78, 5) is 79.6. The molecule has 0 spiro atoms. The maximum atomic E-state index is 14.5. The lowest BCUT2D eigenvalue weighted by molar-refractivity contribution is -0.199. The summed E-state index contributed by atoms with van der Waals surface area (Å²) in [5, 5.41) is 4.71. The Hall–Kier alpha value is -3.97. The van der Waals surface area contributed by atoms with Gasteiger partial charge < -0.3 is 26.0 Å². The van der Waals surface area contributed by atoms with E-state index in [2.05, 4.69) is 10.6 Å². The molecular weight excluding hydrogens is 621 g/mol. The summed E-state index contributed by atoms with van der Waals surface area (Å²) in [5.41, 5.74) is 2.43. The maximum Gasteiger partial charge on any atom is 0.408 e. The molecule has 0 aromatic heterocycles. The van der Waals surface area contributed by atoms with Crippen molar-refractivity contribution in [3.8, 4) is 0 Å². The van der Waals surface area contributed by atoms with E-state index >= 15 is 0 Å². The number of Topliss-reactive ketones (excluding diaryl/α,β-unsaturated/α-hetero) is 2. The smallest absolute Gasteiger partial charge is 0.408 e. The number of carbonyl (C=O) groups excluding carboxylic acids is 6. The standard InChI is InChI=1S/C33H41F3N4O7/c1-16(2)25(23(41)18-8-6-5-7-9-18)47-30(46)39-26(32(12-13-32)33(34,35)36)29(45)40-15-19-21(31(19,3)4)22(40)28(44)38-20(14-17-10-11-17)24(42)27(37)43/h5-9,16-17,19-22,25-26H,10-15H2,1-4H3,(H2,37,43)(H,38,44)(H,39,46)/t19-,20?,21-,22-,25-,26+/m0/s1. The van der Waals surface area contributed by atoms with Gasteiger partial charge in [0.2, 0.25) is 23.4 Å². The molecule has 3 saturated carbocycles. The minimum atomic E-state index is -4.89. The van der Waals surface area contributed by atoms with Crippen LogP contribution in [0.5, 0.6) is 0 Å². The van der Waals surface area contributed by atoms with Gasteiger partial charge in [0.15, 0.2) is 6.10 Å². The number of likely N-dealkylation sites (tertiary alicyclic amines) is 1. The van der Waals surface area contributed by atoms with Crippen LogP contribution in [0.4, 0.5) is 18.0 Å². The average molecular weight is 663 g/mol. The molecule has 4 fully saturated rings. The van der Waals surface area contributed by atoms with Gasteiger partial charge in [-0.05, 0) is 48.3 Å². The molecule has 4 amide bonds. The van der Waals surface area contributed by atoms with Crippen molar-refractivity contribution in [1.29, 1.82) is 0 Å². The second kappa shape index (κ2) is 12.2. The predicted octanol–water partition coefficient (Wildman–Crippen LogP) is 3.15. The highest BCUT2D eigenvalue weighted by atomic mass is 19.4. The number of nitrogens with one attached hydrogen (secondary N) is 2. The van der Waals surface area contributed by atoms with Gasteiger partial charge in [-0.1, -0.05) is 70.9 Å². The van der Waals surface area contributed by atoms with Crippen molar-refractivity contribution < 1.29 is 46.7 Å². The van der Waals surface area contributed by atoms with Crippen molar-refractivity contribution in [1.82, 2.24) is 15.5 Å². The number of primary amides is 1. The van der Waals surface area contributed by atoms with E-state index < -0.39 is 101 Å². The minimum Gasteiger partial charge on any atom is -0.438 e. The second-order valence-electron chi connectivity index (χ2n) is 14.4. The fourth-order valence-electron chi connectivity index (χ4n) is 7.16. The molecule has 1 aromatic rings. The Morgan fingerprint density at radius 3 is 2.15 bits per heavy atom. The van der Waals surface area contributed by atoms with E-state index in [4.69, 9.17) is 10.5 Å². The summed E-state index contributed by atoms with van der Waals surface area (Å²) < 4.78 is 49.0. The summed E-state index contributed by atoms with van der Waals surface area (Å²) in [6.07, 6.45) is -6.70. The summed E-state index contributed by atoms with van der Waals surface area (Å²) in [6.45, 7) is 6.93. The lowest BCUT2D eigenvalue weighted by Gasteiger charge is -2.37. The van der Waals surface area contributed by atoms with Gasteiger partial charge in [-0.2, -0.15) is 13.2 Å². The van der Waals surface area contributed by atoms with Crippen LogP contribution in [0.25, 0.3) is 0 Å². The minimum absolute atomic E-state index is 0.0477. The number of alkyl carbamates (subject to hydrolysis) is 1. The molecule has 0 bridgehead atoms. The average Bonchev–Trinajstić information content (AvgIpc) is 3.95. The van der Waals surface area contributed by atoms with Crippen molar-refractivity contribution >= 4 is 35.4 Å². The van der Waals surface area contributed by atoms with Crippen LogP contribution in [0.2, 0.25) is 0 Å². The molecule has 1 aromatic carbocycles. The number of amides is 4. The highest BCUT2D eigenvalue weighted by Gasteiger charge is 2.73. The van der Waals surface area contributed by atoms with Gasteiger partial charge in [0.25, 0.3) is 5.91 Å². The molecular formula is C33H41F3N4O7. The topological polar surface area (TPSA) is 165 Å². The van der Waals surface area contributed by atoms with Crippen molar-refractivity contribution in [2.75, 3.05) is 6.54 Å². The molecule has 47 heavy (non-hydrogen) atoms. The van der Waals surface area contributed by atoms with Gasteiger partial charge in [0.1, 0.15) is 12.1 Å². The summed E-state index contributed by atoms with van der Waals surface area (Å²) in [5.74, 6) is -5.76. The van der Waals surface area contributed by atoms with E-state index in [0.29, 0.717) is 0 Å². The molecule has 5 rings (SSSR count). The van der Waals surface area contributed by atoms with E-state index in [9.17, 15) is 41.9 Å². The monoisotopic (exact) mass is 662 g/mol. The number of alkyl halides is 3. The Bertz CT molecular complexity index is 1460. The van der Waals surface area contributed by atoms with Gasteiger partial charge in [0.05, 0.1) is 11.5 Å². The first-order valence-electron chi connectivity index (χ1n) is 16.0. The van der Waals surface area contributed by atoms with Crippen LogP contribution < -0.4 is 16.4 Å². The van der Waals surface area contributed by atoms with Crippen molar-refractivity contribution in [2.24, 2.45) is 40.2 Å². The lowest BCUT2D eigenvalue weighted by Crippen LogP contribution is -2.61. The number of ketones is 2. The van der Waals surface area contributed by atoms with Gasteiger partial charge >= 0.3 is 12.3 Å². The molecule has 256 valence electrons. The van der Waals surface area contributed by atoms with Crippen molar-refractivity contribution in [3.05, 3.63) is 35.9 Å². The zero-order valence-corrected chi connectivity index (χ0v) is 26.8. The largest absolute Gasteiger partial charge is 0.438 e. The van der Waals surface area contributed by atoms with Crippen LogP contribution in [0.1, 0.15) is 70.2 Å². The second-order valence-corrected chi connectivity index (χ2v) is 14.4. The fourth-order valence-corrected chi connectivity index (χ4v) is 7.16. The third-order valence-corrected chi connectivity index (χ3v) is 10.5. The zero-order chi connectivity index (χ0) is 34.6. The number of rotatable bonds is 13. The number of nitrogens with two attached hydrogens (primary N) is 1. The molecule has 0 radical (unpaired) electrons. The number of halogens is 3. The molecule has 4 N–H and O–H groups in total. The number of benzene rings is 1. The number of nitrogens with zero attached hydrogens (tertiary/aromatic N) is 1. The summed E-state index contributed by atoms with van der Waals surface area (Å²) in [7, 11) is 0. The Morgan fingerprint density at radius 1 is 1.02 bits per heavy atom. The van der Waals surface area contributed by atoms with Crippen molar-refractivity contribution in [3.63, 3.8) is 0 Å². The summed E-state index contributed by atoms with van der Waals surface area (Å²) in [6, 6.07) is 3.35. The van der Waals surface area contributed by atoms with Crippen LogP contribution in [0.3, 0.4) is 0 Å². The third kappa shape index (κ3) is 6.60. The lowest BCUT2D eigenvalue weighted by atomic mass is 9.92. The van der Waals surface area contributed by atoms with E-state index in [1.165, 1.54) is 12.1 Å². The normalized spacial score (nSPS) is 25.5. The molecule has 1 heterocycles. The molecule has 6 atom stereocenters. The van der Waals surface area contributed by atoms with Gasteiger partial charge in [-0.25, -0.2) is 4.79 Å².